The minimum absolute atomic E-state index is 0.311. The van der Waals surface area contributed by atoms with Gasteiger partial charge in [-0.05, 0) is 42.7 Å². The second kappa shape index (κ2) is 4.91. The van der Waals surface area contributed by atoms with E-state index in [1.165, 1.54) is 7.11 Å². The molecule has 0 aliphatic rings. The average Bonchev–Trinajstić information content (AvgIpc) is 2.19. The van der Waals surface area contributed by atoms with Gasteiger partial charge >= 0.3 is 5.97 Å². The van der Waals surface area contributed by atoms with Crippen LogP contribution in [0, 0.1) is 13.8 Å². The lowest BCUT2D eigenvalue weighted by Gasteiger charge is -2.10. The zero-order valence-corrected chi connectivity index (χ0v) is 9.13. The van der Waals surface area contributed by atoms with Gasteiger partial charge in [0.15, 0.2) is 0 Å². The summed E-state index contributed by atoms with van der Waals surface area (Å²) in [5, 5.41) is 8.90. The highest BCUT2D eigenvalue weighted by Crippen LogP contribution is 2.16. The number of benzene rings is 1. The summed E-state index contributed by atoms with van der Waals surface area (Å²) in [6, 6.07) is 3.34. The number of carboxylic acids is 1. The number of carboxylic acid groups (broad SMARTS) is 1. The normalized spacial score (nSPS) is 10.3. The summed E-state index contributed by atoms with van der Waals surface area (Å²) in [4.78, 5) is 15.6. The van der Waals surface area contributed by atoms with Crippen LogP contribution >= 0.6 is 0 Å². The molecular weight excluding hydrogens is 194 g/mol. The Hall–Kier alpha value is -1.39. The van der Waals surface area contributed by atoms with E-state index in [0.717, 1.165) is 16.7 Å². The van der Waals surface area contributed by atoms with E-state index in [9.17, 15) is 4.79 Å². The molecule has 1 aromatic rings. The minimum atomic E-state index is -0.906. The van der Waals surface area contributed by atoms with Crippen molar-refractivity contribution in [2.75, 3.05) is 7.11 Å². The van der Waals surface area contributed by atoms with E-state index >= 15 is 0 Å². The van der Waals surface area contributed by atoms with E-state index in [1.54, 1.807) is 12.1 Å². The summed E-state index contributed by atoms with van der Waals surface area (Å²) >= 11 is 0. The fourth-order valence-electron chi connectivity index (χ4n) is 1.39. The molecule has 4 heteroatoms. The fourth-order valence-corrected chi connectivity index (χ4v) is 1.39. The molecular formula is C11H15NO3. The summed E-state index contributed by atoms with van der Waals surface area (Å²) in [5.41, 5.74) is 6.02. The van der Waals surface area contributed by atoms with Crippen LogP contribution in [0.2, 0.25) is 0 Å². The maximum absolute atomic E-state index is 10.8. The highest BCUT2D eigenvalue weighted by atomic mass is 16.6. The topological polar surface area (TPSA) is 58.6 Å². The lowest BCUT2D eigenvalue weighted by Crippen LogP contribution is -2.13. The molecule has 0 fully saturated rings. The number of carbonyl (C=O) groups is 1. The zero-order valence-electron chi connectivity index (χ0n) is 9.13. The van der Waals surface area contributed by atoms with Crippen molar-refractivity contribution in [3.05, 3.63) is 34.4 Å². The molecule has 1 aromatic carbocycles. The van der Waals surface area contributed by atoms with Crippen LogP contribution in [0.4, 0.5) is 0 Å². The van der Waals surface area contributed by atoms with Gasteiger partial charge in [-0.2, -0.15) is 5.48 Å². The summed E-state index contributed by atoms with van der Waals surface area (Å²) in [6.07, 6.45) is 0. The monoisotopic (exact) mass is 209 g/mol. The SMILES string of the molecule is CONCc1cc(C(=O)O)cc(C)c1C. The Morgan fingerprint density at radius 2 is 2.13 bits per heavy atom. The van der Waals surface area contributed by atoms with Crippen LogP contribution < -0.4 is 5.48 Å². The fraction of sp³-hybridized carbons (Fsp3) is 0.364. The van der Waals surface area contributed by atoms with Crippen LogP contribution in [0.5, 0.6) is 0 Å². The van der Waals surface area contributed by atoms with Gasteiger partial charge in [0.2, 0.25) is 0 Å². The predicted octanol–water partition coefficient (Wildman–Crippen LogP) is 1.65. The molecule has 0 bridgehead atoms. The number of hydroxylamine groups is 1. The molecule has 0 aliphatic carbocycles. The molecule has 0 spiro atoms. The van der Waals surface area contributed by atoms with Gasteiger partial charge in [0.1, 0.15) is 0 Å². The van der Waals surface area contributed by atoms with E-state index in [-0.39, 0.29) is 0 Å². The smallest absolute Gasteiger partial charge is 0.335 e. The second-order valence-corrected chi connectivity index (χ2v) is 3.41. The summed E-state index contributed by atoms with van der Waals surface area (Å²) < 4.78 is 0. The lowest BCUT2D eigenvalue weighted by molar-refractivity contribution is 0.0695. The first kappa shape index (κ1) is 11.7. The van der Waals surface area contributed by atoms with Crippen molar-refractivity contribution in [3.63, 3.8) is 0 Å². The Balaban J connectivity index is 3.07. The van der Waals surface area contributed by atoms with E-state index in [2.05, 4.69) is 5.48 Å². The van der Waals surface area contributed by atoms with Crippen molar-refractivity contribution in [3.8, 4) is 0 Å². The van der Waals surface area contributed by atoms with E-state index in [0.29, 0.717) is 12.1 Å². The summed E-state index contributed by atoms with van der Waals surface area (Å²) in [7, 11) is 1.53. The number of nitrogens with one attached hydrogen (secondary N) is 1. The quantitative estimate of drug-likeness (QED) is 0.740. The van der Waals surface area contributed by atoms with Crippen molar-refractivity contribution in [2.24, 2.45) is 0 Å². The van der Waals surface area contributed by atoms with Gasteiger partial charge in [-0.15, -0.1) is 0 Å². The third-order valence-corrected chi connectivity index (χ3v) is 2.43. The number of aryl methyl sites for hydroxylation is 1. The van der Waals surface area contributed by atoms with Crippen molar-refractivity contribution in [2.45, 2.75) is 20.4 Å². The molecule has 0 unspecified atom stereocenters. The molecule has 0 radical (unpaired) electrons. The second-order valence-electron chi connectivity index (χ2n) is 3.41. The summed E-state index contributed by atoms with van der Waals surface area (Å²) in [5.74, 6) is -0.906. The molecule has 2 N–H and O–H groups in total. The molecule has 15 heavy (non-hydrogen) atoms. The standard InChI is InChI=1S/C11H15NO3/c1-7-4-9(11(13)14)5-10(8(7)2)6-12-15-3/h4-5,12H,6H2,1-3H3,(H,13,14). The van der Waals surface area contributed by atoms with Gasteiger partial charge in [0.05, 0.1) is 12.7 Å². The minimum Gasteiger partial charge on any atom is -0.478 e. The van der Waals surface area contributed by atoms with Crippen molar-refractivity contribution in [1.82, 2.24) is 5.48 Å². The Morgan fingerprint density at radius 1 is 1.47 bits per heavy atom. The molecule has 0 aromatic heterocycles. The molecule has 0 amide bonds. The maximum Gasteiger partial charge on any atom is 0.335 e. The first-order chi connectivity index (χ1) is 7.06. The molecule has 1 rings (SSSR count). The highest BCUT2D eigenvalue weighted by Gasteiger charge is 2.08. The van der Waals surface area contributed by atoms with Crippen LogP contribution in [0.15, 0.2) is 12.1 Å². The number of hydrogen-bond acceptors (Lipinski definition) is 3. The molecule has 0 saturated heterocycles. The number of aromatic carboxylic acids is 1. The van der Waals surface area contributed by atoms with Crippen LogP contribution in [0.1, 0.15) is 27.0 Å². The molecule has 82 valence electrons. The van der Waals surface area contributed by atoms with Gasteiger partial charge in [0.25, 0.3) is 0 Å². The van der Waals surface area contributed by atoms with E-state index in [1.807, 2.05) is 13.8 Å². The zero-order chi connectivity index (χ0) is 11.4. The Kier molecular flexibility index (Phi) is 3.82. The van der Waals surface area contributed by atoms with Crippen molar-refractivity contribution >= 4 is 5.97 Å². The van der Waals surface area contributed by atoms with Crippen LogP contribution in [0.25, 0.3) is 0 Å². The maximum atomic E-state index is 10.8. The molecule has 4 nitrogen and oxygen atoms in total. The molecule has 0 saturated carbocycles. The molecule has 0 aliphatic heterocycles. The Labute approximate surface area is 88.8 Å². The number of hydrogen-bond donors (Lipinski definition) is 2. The van der Waals surface area contributed by atoms with Gasteiger partial charge in [-0.25, -0.2) is 4.79 Å². The van der Waals surface area contributed by atoms with E-state index < -0.39 is 5.97 Å². The lowest BCUT2D eigenvalue weighted by atomic mass is 10.00. The van der Waals surface area contributed by atoms with Crippen LogP contribution in [0.3, 0.4) is 0 Å². The predicted molar refractivity (Wildman–Crippen MR) is 56.7 cm³/mol. The first-order valence-corrected chi connectivity index (χ1v) is 4.65. The van der Waals surface area contributed by atoms with Gasteiger partial charge in [-0.3, -0.25) is 0 Å². The molecule has 0 heterocycles. The van der Waals surface area contributed by atoms with Crippen molar-refractivity contribution < 1.29 is 14.7 Å². The molecule has 0 atom stereocenters. The summed E-state index contributed by atoms with van der Waals surface area (Å²) in [6.45, 7) is 4.37. The van der Waals surface area contributed by atoms with Gasteiger partial charge in [0, 0.05) is 6.54 Å². The van der Waals surface area contributed by atoms with E-state index in [4.69, 9.17) is 9.94 Å². The Morgan fingerprint density at radius 3 is 2.67 bits per heavy atom. The van der Waals surface area contributed by atoms with Gasteiger partial charge in [-0.1, -0.05) is 0 Å². The van der Waals surface area contributed by atoms with Crippen LogP contribution in [-0.4, -0.2) is 18.2 Å². The highest BCUT2D eigenvalue weighted by molar-refractivity contribution is 5.88. The number of rotatable bonds is 4. The first-order valence-electron chi connectivity index (χ1n) is 4.65. The van der Waals surface area contributed by atoms with Crippen LogP contribution in [-0.2, 0) is 11.4 Å². The van der Waals surface area contributed by atoms with Gasteiger partial charge < -0.3 is 9.94 Å². The largest absolute Gasteiger partial charge is 0.478 e. The Bertz CT molecular complexity index is 374. The average molecular weight is 209 g/mol. The third kappa shape index (κ3) is 2.78. The van der Waals surface area contributed by atoms with Crippen molar-refractivity contribution in [1.29, 1.82) is 0 Å². The third-order valence-electron chi connectivity index (χ3n) is 2.43.